The van der Waals surface area contributed by atoms with Crippen LogP contribution in [0.5, 0.6) is 0 Å². The maximum Gasteiger partial charge on any atom is 0.218 e. The number of carbonyl (C=O) groups excluding carboxylic acids is 1. The smallest absolute Gasteiger partial charge is 0.218 e. The normalized spacial score (nSPS) is 12.7. The Kier molecular flexibility index (Phi) is 5.13. The lowest BCUT2D eigenvalue weighted by Gasteiger charge is -2.11. The highest BCUT2D eigenvalue weighted by atomic mass is 79.9. The lowest BCUT2D eigenvalue weighted by Crippen LogP contribution is -2.20. The molecule has 23 heavy (non-hydrogen) atoms. The second-order valence-electron chi connectivity index (χ2n) is 4.74. The summed E-state index contributed by atoms with van der Waals surface area (Å²) in [6.45, 7) is 0. The van der Waals surface area contributed by atoms with Gasteiger partial charge in [-0.05, 0) is 51.9 Å². The van der Waals surface area contributed by atoms with Crippen LogP contribution in [-0.2, 0) is 4.74 Å². The molecule has 0 saturated heterocycles. The zero-order chi connectivity index (χ0) is 16.6. The molecule has 3 aromatic rings. The number of carbonyl (C=O) groups is 1. The predicted octanol–water partition coefficient (Wildman–Crippen LogP) is 5.23. The zero-order valence-corrected chi connectivity index (χ0v) is 16.2. The van der Waals surface area contributed by atoms with Gasteiger partial charge in [-0.2, -0.15) is 4.37 Å². The van der Waals surface area contributed by atoms with E-state index in [0.29, 0.717) is 10.7 Å². The standard InChI is InChI=1S/C15H12BrClN2O2S2/c1-21-15(22-2)14(20)13-12(10-3-4-23-19-10)7-5-9(17)8(16)6-11(7)18-13/h3-6,15,18H,1-2H3. The van der Waals surface area contributed by atoms with E-state index in [1.165, 1.54) is 30.4 Å². The summed E-state index contributed by atoms with van der Waals surface area (Å²) in [5.74, 6) is -0.119. The van der Waals surface area contributed by atoms with Crippen molar-refractivity contribution in [3.05, 3.63) is 38.8 Å². The average molecular weight is 432 g/mol. The van der Waals surface area contributed by atoms with E-state index in [9.17, 15) is 4.79 Å². The number of H-pyrrole nitrogens is 1. The highest BCUT2D eigenvalue weighted by Crippen LogP contribution is 2.37. The average Bonchev–Trinajstić information content (AvgIpc) is 3.16. The lowest BCUT2D eigenvalue weighted by molar-refractivity contribution is 0.0791. The van der Waals surface area contributed by atoms with Crippen molar-refractivity contribution in [2.24, 2.45) is 0 Å². The molecule has 2 aromatic heterocycles. The molecule has 0 aliphatic rings. The molecule has 0 spiro atoms. The molecule has 2 heterocycles. The molecular formula is C15H12BrClN2O2S2. The van der Waals surface area contributed by atoms with Crippen LogP contribution >= 0.6 is 50.8 Å². The number of nitrogens with zero attached hydrogens (tertiary/aromatic N) is 1. The van der Waals surface area contributed by atoms with Gasteiger partial charge in [0.15, 0.2) is 5.44 Å². The van der Waals surface area contributed by atoms with Gasteiger partial charge in [-0.15, -0.1) is 11.8 Å². The van der Waals surface area contributed by atoms with E-state index in [4.69, 9.17) is 16.3 Å². The molecule has 1 aromatic carbocycles. The molecule has 0 aliphatic heterocycles. The van der Waals surface area contributed by atoms with Crippen molar-refractivity contribution in [1.82, 2.24) is 9.36 Å². The van der Waals surface area contributed by atoms with E-state index >= 15 is 0 Å². The van der Waals surface area contributed by atoms with Crippen molar-refractivity contribution in [3.63, 3.8) is 0 Å². The SMILES string of the molecule is COC(SC)C(=O)c1[nH]c2cc(Br)c(Cl)cc2c1-c1ccsn1. The topological polar surface area (TPSA) is 55.0 Å². The monoisotopic (exact) mass is 430 g/mol. The molecule has 0 aliphatic carbocycles. The Morgan fingerprint density at radius 2 is 2.30 bits per heavy atom. The first-order chi connectivity index (χ1) is 11.1. The molecule has 4 nitrogen and oxygen atoms in total. The van der Waals surface area contributed by atoms with Crippen LogP contribution in [0.15, 0.2) is 28.1 Å². The number of aromatic nitrogens is 2. The van der Waals surface area contributed by atoms with Crippen molar-refractivity contribution in [3.8, 4) is 11.3 Å². The van der Waals surface area contributed by atoms with Crippen LogP contribution in [0.3, 0.4) is 0 Å². The fourth-order valence-electron chi connectivity index (χ4n) is 2.41. The van der Waals surface area contributed by atoms with Crippen LogP contribution < -0.4 is 0 Å². The number of thioether (sulfide) groups is 1. The van der Waals surface area contributed by atoms with Crippen LogP contribution in [0.4, 0.5) is 0 Å². The summed E-state index contributed by atoms with van der Waals surface area (Å²) in [5.41, 5.74) is 2.25. The minimum atomic E-state index is -0.570. The minimum Gasteiger partial charge on any atom is -0.362 e. The summed E-state index contributed by atoms with van der Waals surface area (Å²) in [7, 11) is 1.53. The first-order valence-corrected chi connectivity index (χ1v) is 9.87. The van der Waals surface area contributed by atoms with E-state index in [0.717, 1.165) is 26.6 Å². The van der Waals surface area contributed by atoms with E-state index in [-0.39, 0.29) is 5.78 Å². The van der Waals surface area contributed by atoms with Gasteiger partial charge in [0.1, 0.15) is 0 Å². The summed E-state index contributed by atoms with van der Waals surface area (Å²) >= 11 is 12.3. The van der Waals surface area contributed by atoms with Gasteiger partial charge in [-0.25, -0.2) is 0 Å². The fraction of sp³-hybridized carbons (Fsp3) is 0.200. The molecule has 1 atom stereocenters. The first-order valence-electron chi connectivity index (χ1n) is 6.58. The number of ketones is 1. The van der Waals surface area contributed by atoms with Gasteiger partial charge in [-0.3, -0.25) is 4.79 Å². The number of ether oxygens (including phenoxy) is 1. The minimum absolute atomic E-state index is 0.119. The van der Waals surface area contributed by atoms with Gasteiger partial charge in [0, 0.05) is 33.4 Å². The van der Waals surface area contributed by atoms with Crippen molar-refractivity contribution in [2.45, 2.75) is 5.44 Å². The third-order valence-electron chi connectivity index (χ3n) is 3.42. The maximum atomic E-state index is 12.8. The quantitative estimate of drug-likeness (QED) is 0.444. The van der Waals surface area contributed by atoms with E-state index in [2.05, 4.69) is 25.3 Å². The molecule has 0 fully saturated rings. The molecule has 3 rings (SSSR count). The van der Waals surface area contributed by atoms with Crippen LogP contribution in [0, 0.1) is 0 Å². The Hall–Kier alpha value is -0.860. The predicted molar refractivity (Wildman–Crippen MR) is 101 cm³/mol. The van der Waals surface area contributed by atoms with Crippen LogP contribution in [0.25, 0.3) is 22.2 Å². The summed E-state index contributed by atoms with van der Waals surface area (Å²) in [6.07, 6.45) is 1.84. The van der Waals surface area contributed by atoms with Crippen molar-refractivity contribution >= 4 is 67.5 Å². The summed E-state index contributed by atoms with van der Waals surface area (Å²) in [5, 5.41) is 3.33. The number of hydrogen-bond acceptors (Lipinski definition) is 5. The number of halogens is 2. The van der Waals surface area contributed by atoms with Gasteiger partial charge < -0.3 is 9.72 Å². The largest absolute Gasteiger partial charge is 0.362 e. The lowest BCUT2D eigenvalue weighted by atomic mass is 10.1. The Morgan fingerprint density at radius 3 is 2.91 bits per heavy atom. The number of Topliss-reactive ketones (excluding diaryl/α,β-unsaturated/α-hetero) is 1. The molecule has 0 radical (unpaired) electrons. The second-order valence-corrected chi connectivity index (χ2v) is 7.57. The van der Waals surface area contributed by atoms with Gasteiger partial charge in [-0.1, -0.05) is 11.6 Å². The molecule has 1 N–H and O–H groups in total. The number of methoxy groups -OCH3 is 1. The van der Waals surface area contributed by atoms with E-state index in [1.54, 1.807) is 0 Å². The first kappa shape index (κ1) is 17.0. The highest BCUT2D eigenvalue weighted by Gasteiger charge is 2.26. The van der Waals surface area contributed by atoms with Crippen LogP contribution in [0.1, 0.15) is 10.5 Å². The number of hydrogen-bond donors (Lipinski definition) is 1. The van der Waals surface area contributed by atoms with Crippen molar-refractivity contribution in [2.75, 3.05) is 13.4 Å². The van der Waals surface area contributed by atoms with Crippen LogP contribution in [0.2, 0.25) is 5.02 Å². The molecule has 0 amide bonds. The van der Waals surface area contributed by atoms with Crippen molar-refractivity contribution < 1.29 is 9.53 Å². The maximum absolute atomic E-state index is 12.8. The number of aromatic amines is 1. The van der Waals surface area contributed by atoms with Gasteiger partial charge in [0.25, 0.3) is 0 Å². The third-order valence-corrected chi connectivity index (χ3v) is 6.01. The van der Waals surface area contributed by atoms with E-state index in [1.807, 2.05) is 29.8 Å². The van der Waals surface area contributed by atoms with Gasteiger partial charge in [0.2, 0.25) is 5.78 Å². The number of rotatable bonds is 5. The second kappa shape index (κ2) is 6.94. The zero-order valence-electron chi connectivity index (χ0n) is 12.2. The summed E-state index contributed by atoms with van der Waals surface area (Å²) in [4.78, 5) is 16.0. The molecule has 0 saturated carbocycles. The Balaban J connectivity index is 2.28. The number of nitrogens with one attached hydrogen (secondary N) is 1. The number of fused-ring (bicyclic) bond motifs is 1. The molecule has 8 heteroatoms. The Labute approximate surface area is 154 Å². The van der Waals surface area contributed by atoms with Gasteiger partial charge in [0.05, 0.1) is 16.4 Å². The third kappa shape index (κ3) is 3.08. The highest BCUT2D eigenvalue weighted by molar-refractivity contribution is 9.10. The summed E-state index contributed by atoms with van der Waals surface area (Å²) in [6, 6.07) is 5.59. The molecule has 0 bridgehead atoms. The van der Waals surface area contributed by atoms with E-state index < -0.39 is 5.44 Å². The van der Waals surface area contributed by atoms with Gasteiger partial charge >= 0.3 is 0 Å². The molecule has 120 valence electrons. The Morgan fingerprint density at radius 1 is 1.52 bits per heavy atom. The number of benzene rings is 1. The molecular weight excluding hydrogens is 420 g/mol. The summed E-state index contributed by atoms with van der Waals surface area (Å²) < 4.78 is 10.4. The fourth-order valence-corrected chi connectivity index (χ4v) is 3.96. The van der Waals surface area contributed by atoms with Crippen LogP contribution in [-0.4, -0.2) is 33.9 Å². The van der Waals surface area contributed by atoms with Crippen molar-refractivity contribution in [1.29, 1.82) is 0 Å². The molecule has 1 unspecified atom stereocenters. The Bertz CT molecular complexity index is 860.